The maximum Gasteiger partial charge on any atom is 0.240 e. The van der Waals surface area contributed by atoms with Crippen LogP contribution in [-0.2, 0) is 17.9 Å². The summed E-state index contributed by atoms with van der Waals surface area (Å²) < 4.78 is 3.91. The highest BCUT2D eigenvalue weighted by atomic mass is 32.1. The molecule has 130 valence electrons. The SMILES string of the molecule is Cc1ccc(-c2n[nH]c(=S)n2CC(=O)NC(C)Cn2cccn2)cc1. The molecule has 0 spiro atoms. The minimum atomic E-state index is -0.120. The van der Waals surface area contributed by atoms with Crippen LogP contribution in [0.1, 0.15) is 12.5 Å². The molecule has 0 aliphatic heterocycles. The van der Waals surface area contributed by atoms with Crippen molar-refractivity contribution >= 4 is 18.1 Å². The van der Waals surface area contributed by atoms with Crippen LogP contribution in [0.5, 0.6) is 0 Å². The van der Waals surface area contributed by atoms with E-state index in [1.807, 2.05) is 50.4 Å². The van der Waals surface area contributed by atoms with Crippen LogP contribution in [0, 0.1) is 11.7 Å². The number of aromatic nitrogens is 5. The lowest BCUT2D eigenvalue weighted by molar-refractivity contribution is -0.122. The number of hydrogen-bond acceptors (Lipinski definition) is 4. The highest BCUT2D eigenvalue weighted by Gasteiger charge is 2.14. The molecule has 7 nitrogen and oxygen atoms in total. The monoisotopic (exact) mass is 356 g/mol. The van der Waals surface area contributed by atoms with E-state index < -0.39 is 0 Å². The summed E-state index contributed by atoms with van der Waals surface area (Å²) in [5, 5.41) is 14.1. The number of carbonyl (C=O) groups is 1. The number of aromatic amines is 1. The van der Waals surface area contributed by atoms with Crippen LogP contribution in [0.2, 0.25) is 0 Å². The molecule has 0 aliphatic rings. The van der Waals surface area contributed by atoms with Crippen molar-refractivity contribution in [2.75, 3.05) is 0 Å². The predicted molar refractivity (Wildman–Crippen MR) is 97.4 cm³/mol. The number of nitrogens with one attached hydrogen (secondary N) is 2. The molecule has 3 aromatic rings. The standard InChI is InChI=1S/C17H20N6OS/c1-12-4-6-14(7-5-12)16-20-21-17(25)23(16)11-15(24)19-13(2)10-22-9-3-8-18-22/h3-9,13H,10-11H2,1-2H3,(H,19,24)(H,21,25). The van der Waals surface area contributed by atoms with E-state index in [-0.39, 0.29) is 18.5 Å². The summed E-state index contributed by atoms with van der Waals surface area (Å²) in [5.41, 5.74) is 2.07. The van der Waals surface area contributed by atoms with Crippen LogP contribution >= 0.6 is 12.2 Å². The van der Waals surface area contributed by atoms with Gasteiger partial charge in [0.25, 0.3) is 0 Å². The molecule has 8 heteroatoms. The van der Waals surface area contributed by atoms with Crippen molar-refractivity contribution in [2.45, 2.75) is 33.0 Å². The zero-order valence-electron chi connectivity index (χ0n) is 14.1. The maximum absolute atomic E-state index is 12.4. The largest absolute Gasteiger partial charge is 0.350 e. The summed E-state index contributed by atoms with van der Waals surface area (Å²) in [4.78, 5) is 12.4. The molecule has 0 saturated heterocycles. The summed E-state index contributed by atoms with van der Waals surface area (Å²) >= 11 is 5.27. The van der Waals surface area contributed by atoms with Gasteiger partial charge in [-0.15, -0.1) is 0 Å². The molecule has 2 aromatic heterocycles. The second-order valence-electron chi connectivity index (χ2n) is 6.00. The number of nitrogens with zero attached hydrogens (tertiary/aromatic N) is 4. The van der Waals surface area contributed by atoms with Crippen molar-refractivity contribution in [3.8, 4) is 11.4 Å². The van der Waals surface area contributed by atoms with Crippen molar-refractivity contribution in [2.24, 2.45) is 0 Å². The summed E-state index contributed by atoms with van der Waals surface area (Å²) in [6.07, 6.45) is 3.58. The fourth-order valence-electron chi connectivity index (χ4n) is 2.59. The second kappa shape index (κ2) is 7.43. The minimum Gasteiger partial charge on any atom is -0.350 e. The Bertz CT molecular complexity index is 894. The average molecular weight is 356 g/mol. The van der Waals surface area contributed by atoms with Crippen LogP contribution in [0.4, 0.5) is 0 Å². The van der Waals surface area contributed by atoms with Gasteiger partial charge in [-0.2, -0.15) is 10.2 Å². The van der Waals surface area contributed by atoms with E-state index in [1.54, 1.807) is 15.4 Å². The first-order valence-corrected chi connectivity index (χ1v) is 8.43. The molecular weight excluding hydrogens is 336 g/mol. The van der Waals surface area contributed by atoms with Gasteiger partial charge >= 0.3 is 0 Å². The van der Waals surface area contributed by atoms with Gasteiger partial charge in [0.15, 0.2) is 10.6 Å². The summed E-state index contributed by atoms with van der Waals surface area (Å²) in [6, 6.07) is 9.75. The van der Waals surface area contributed by atoms with E-state index in [2.05, 4.69) is 20.6 Å². The molecule has 1 unspecified atom stereocenters. The van der Waals surface area contributed by atoms with Crippen molar-refractivity contribution in [1.82, 2.24) is 29.9 Å². The smallest absolute Gasteiger partial charge is 0.240 e. The van der Waals surface area contributed by atoms with Crippen LogP contribution in [0.25, 0.3) is 11.4 Å². The van der Waals surface area contributed by atoms with Gasteiger partial charge in [0.05, 0.1) is 6.54 Å². The third-order valence-electron chi connectivity index (χ3n) is 3.80. The van der Waals surface area contributed by atoms with Gasteiger partial charge in [0, 0.05) is 24.0 Å². The number of benzene rings is 1. The van der Waals surface area contributed by atoms with Crippen LogP contribution in [0.15, 0.2) is 42.7 Å². The van der Waals surface area contributed by atoms with Crippen molar-refractivity contribution in [3.05, 3.63) is 53.1 Å². The summed E-state index contributed by atoms with van der Waals surface area (Å²) in [5.74, 6) is 0.533. The minimum absolute atomic E-state index is 0.0451. The molecule has 25 heavy (non-hydrogen) atoms. The zero-order chi connectivity index (χ0) is 17.8. The molecular formula is C17H20N6OS. The van der Waals surface area contributed by atoms with E-state index in [0.717, 1.165) is 11.1 Å². The van der Waals surface area contributed by atoms with Crippen LogP contribution in [-0.4, -0.2) is 36.5 Å². The third kappa shape index (κ3) is 4.21. The summed E-state index contributed by atoms with van der Waals surface area (Å²) in [7, 11) is 0. The Morgan fingerprint density at radius 2 is 2.12 bits per heavy atom. The number of carbonyl (C=O) groups excluding carboxylic acids is 1. The first kappa shape index (κ1) is 17.1. The molecule has 0 fully saturated rings. The van der Waals surface area contributed by atoms with E-state index in [9.17, 15) is 4.79 Å². The van der Waals surface area contributed by atoms with E-state index in [0.29, 0.717) is 17.1 Å². The highest BCUT2D eigenvalue weighted by molar-refractivity contribution is 7.71. The Labute approximate surface area is 150 Å². The van der Waals surface area contributed by atoms with Crippen LogP contribution < -0.4 is 5.32 Å². The number of aryl methyl sites for hydroxylation is 1. The number of rotatable bonds is 6. The van der Waals surface area contributed by atoms with Gasteiger partial charge in [0.1, 0.15) is 6.54 Å². The Kier molecular flexibility index (Phi) is 5.08. The number of hydrogen-bond donors (Lipinski definition) is 2. The first-order valence-electron chi connectivity index (χ1n) is 8.02. The average Bonchev–Trinajstić information content (AvgIpc) is 3.19. The van der Waals surface area contributed by atoms with Crippen molar-refractivity contribution in [1.29, 1.82) is 0 Å². The van der Waals surface area contributed by atoms with E-state index in [4.69, 9.17) is 12.2 Å². The fourth-order valence-corrected chi connectivity index (χ4v) is 2.78. The maximum atomic E-state index is 12.4. The second-order valence-corrected chi connectivity index (χ2v) is 6.39. The number of H-pyrrole nitrogens is 1. The topological polar surface area (TPSA) is 80.5 Å². The van der Waals surface area contributed by atoms with Crippen molar-refractivity contribution in [3.63, 3.8) is 0 Å². The molecule has 2 heterocycles. The van der Waals surface area contributed by atoms with E-state index in [1.165, 1.54) is 0 Å². The quantitative estimate of drug-likeness (QED) is 0.664. The molecule has 2 N–H and O–H groups in total. The lowest BCUT2D eigenvalue weighted by atomic mass is 10.1. The number of amides is 1. The lowest BCUT2D eigenvalue weighted by Crippen LogP contribution is -2.38. The van der Waals surface area contributed by atoms with Gasteiger partial charge in [-0.3, -0.25) is 19.1 Å². The Balaban J connectivity index is 1.70. The Morgan fingerprint density at radius 3 is 2.80 bits per heavy atom. The van der Waals surface area contributed by atoms with Crippen LogP contribution in [0.3, 0.4) is 0 Å². The molecule has 0 bridgehead atoms. The zero-order valence-corrected chi connectivity index (χ0v) is 15.0. The summed E-state index contributed by atoms with van der Waals surface area (Å²) in [6.45, 7) is 4.69. The molecule has 3 rings (SSSR count). The van der Waals surface area contributed by atoms with Crippen molar-refractivity contribution < 1.29 is 4.79 Å². The Morgan fingerprint density at radius 1 is 1.36 bits per heavy atom. The van der Waals surface area contributed by atoms with Gasteiger partial charge in [0.2, 0.25) is 5.91 Å². The molecule has 1 aromatic carbocycles. The third-order valence-corrected chi connectivity index (χ3v) is 4.11. The normalized spacial score (nSPS) is 12.1. The highest BCUT2D eigenvalue weighted by Crippen LogP contribution is 2.17. The fraction of sp³-hybridized carbons (Fsp3) is 0.294. The lowest BCUT2D eigenvalue weighted by Gasteiger charge is -2.15. The first-order chi connectivity index (χ1) is 12.0. The Hall–Kier alpha value is -2.74. The van der Waals surface area contributed by atoms with Gasteiger partial charge in [-0.1, -0.05) is 29.8 Å². The molecule has 1 atom stereocenters. The molecule has 0 radical (unpaired) electrons. The molecule has 0 aliphatic carbocycles. The van der Waals surface area contributed by atoms with Gasteiger partial charge in [-0.25, -0.2) is 0 Å². The van der Waals surface area contributed by atoms with E-state index >= 15 is 0 Å². The predicted octanol–water partition coefficient (Wildman–Crippen LogP) is 2.32. The molecule has 1 amide bonds. The van der Waals surface area contributed by atoms with Gasteiger partial charge in [-0.05, 0) is 32.1 Å². The van der Waals surface area contributed by atoms with Gasteiger partial charge < -0.3 is 5.32 Å². The molecule has 0 saturated carbocycles.